The molecule has 1 amide bonds. The summed E-state index contributed by atoms with van der Waals surface area (Å²) in [6, 6.07) is 11.4. The van der Waals surface area contributed by atoms with E-state index in [1.165, 1.54) is 0 Å². The third-order valence-corrected chi connectivity index (χ3v) is 2.81. The molecule has 0 saturated heterocycles. The fraction of sp³-hybridized carbons (Fsp3) is 0.0714. The van der Waals surface area contributed by atoms with Crippen molar-refractivity contribution in [3.8, 4) is 5.75 Å². The van der Waals surface area contributed by atoms with Gasteiger partial charge in [-0.1, -0.05) is 30.3 Å². The van der Waals surface area contributed by atoms with E-state index in [4.69, 9.17) is 0 Å². The summed E-state index contributed by atoms with van der Waals surface area (Å²) in [6.45, 7) is 0. The first kappa shape index (κ1) is 14.5. The summed E-state index contributed by atoms with van der Waals surface area (Å²) in [5.41, 5.74) is -0.0404. The Labute approximate surface area is 119 Å². The first-order chi connectivity index (χ1) is 9.99. The van der Waals surface area contributed by atoms with Crippen molar-refractivity contribution in [1.29, 1.82) is 0 Å². The maximum absolute atomic E-state index is 11.9. The van der Waals surface area contributed by atoms with Gasteiger partial charge in [0.25, 0.3) is 11.6 Å². The van der Waals surface area contributed by atoms with Gasteiger partial charge in [-0.25, -0.2) is 0 Å². The molecule has 1 atom stereocenters. The van der Waals surface area contributed by atoms with Crippen molar-refractivity contribution in [2.24, 2.45) is 0 Å². The van der Waals surface area contributed by atoms with E-state index >= 15 is 0 Å². The molecule has 0 fully saturated rings. The number of aliphatic hydroxyl groups excluding tert-OH is 1. The number of nitro groups is 1. The SMILES string of the molecule is O=C(Nc1cc([N+](=O)[O-])ccc1O)C(O)c1ccccc1. The zero-order chi connectivity index (χ0) is 15.4. The van der Waals surface area contributed by atoms with Crippen LogP contribution < -0.4 is 5.32 Å². The number of carbonyl (C=O) groups is 1. The Balaban J connectivity index is 2.20. The third kappa shape index (κ3) is 3.34. The van der Waals surface area contributed by atoms with E-state index in [1.54, 1.807) is 30.3 Å². The summed E-state index contributed by atoms with van der Waals surface area (Å²) < 4.78 is 0. The van der Waals surface area contributed by atoms with E-state index < -0.39 is 16.9 Å². The van der Waals surface area contributed by atoms with Crippen molar-refractivity contribution in [1.82, 2.24) is 0 Å². The van der Waals surface area contributed by atoms with E-state index in [9.17, 15) is 25.1 Å². The Kier molecular flexibility index (Phi) is 4.15. The molecule has 1 unspecified atom stereocenters. The van der Waals surface area contributed by atoms with Crippen LogP contribution in [0.3, 0.4) is 0 Å². The highest BCUT2D eigenvalue weighted by Crippen LogP contribution is 2.28. The number of anilines is 1. The molecule has 0 aliphatic rings. The molecule has 0 aliphatic heterocycles. The summed E-state index contributed by atoms with van der Waals surface area (Å²) in [4.78, 5) is 21.9. The number of hydrogen-bond donors (Lipinski definition) is 3. The Hall–Kier alpha value is -2.93. The number of nitrogens with one attached hydrogen (secondary N) is 1. The number of benzene rings is 2. The van der Waals surface area contributed by atoms with Gasteiger partial charge in [-0.2, -0.15) is 0 Å². The predicted molar refractivity (Wildman–Crippen MR) is 74.8 cm³/mol. The lowest BCUT2D eigenvalue weighted by atomic mass is 10.1. The van der Waals surface area contributed by atoms with Gasteiger partial charge in [0, 0.05) is 12.1 Å². The van der Waals surface area contributed by atoms with E-state index in [1.807, 2.05) is 0 Å². The van der Waals surface area contributed by atoms with Crippen LogP contribution in [0.1, 0.15) is 11.7 Å². The van der Waals surface area contributed by atoms with Gasteiger partial charge >= 0.3 is 0 Å². The summed E-state index contributed by atoms with van der Waals surface area (Å²) in [5, 5.41) is 32.4. The summed E-state index contributed by atoms with van der Waals surface area (Å²) in [6.07, 6.45) is -1.44. The van der Waals surface area contributed by atoms with E-state index in [-0.39, 0.29) is 17.1 Å². The molecular formula is C14H12N2O5. The molecule has 0 saturated carbocycles. The summed E-state index contributed by atoms with van der Waals surface area (Å²) in [5.74, 6) is -1.12. The number of rotatable bonds is 4. The average Bonchev–Trinajstić information content (AvgIpc) is 2.49. The summed E-state index contributed by atoms with van der Waals surface area (Å²) in [7, 11) is 0. The zero-order valence-corrected chi connectivity index (χ0v) is 10.8. The molecule has 7 heteroatoms. The van der Waals surface area contributed by atoms with Crippen molar-refractivity contribution in [3.63, 3.8) is 0 Å². The molecule has 3 N–H and O–H groups in total. The van der Waals surface area contributed by atoms with Crippen molar-refractivity contribution >= 4 is 17.3 Å². The number of aliphatic hydroxyl groups is 1. The fourth-order valence-corrected chi connectivity index (χ4v) is 1.73. The number of phenols is 1. The van der Waals surface area contributed by atoms with Gasteiger partial charge < -0.3 is 15.5 Å². The number of non-ortho nitro benzene ring substituents is 1. The lowest BCUT2D eigenvalue weighted by Crippen LogP contribution is -2.20. The number of nitrogens with zero attached hydrogens (tertiary/aromatic N) is 1. The van der Waals surface area contributed by atoms with Gasteiger partial charge in [-0.3, -0.25) is 14.9 Å². The van der Waals surface area contributed by atoms with Gasteiger partial charge in [0.05, 0.1) is 10.6 Å². The van der Waals surface area contributed by atoms with Gasteiger partial charge in [-0.05, 0) is 11.6 Å². The van der Waals surface area contributed by atoms with Gasteiger partial charge in [-0.15, -0.1) is 0 Å². The van der Waals surface area contributed by atoms with Gasteiger partial charge in [0.15, 0.2) is 6.10 Å². The Morgan fingerprint density at radius 1 is 1.19 bits per heavy atom. The van der Waals surface area contributed by atoms with E-state index in [2.05, 4.69) is 5.32 Å². The van der Waals surface area contributed by atoms with E-state index in [0.717, 1.165) is 18.2 Å². The van der Waals surface area contributed by atoms with Crippen LogP contribution >= 0.6 is 0 Å². The smallest absolute Gasteiger partial charge is 0.271 e. The van der Waals surface area contributed by atoms with Gasteiger partial charge in [0.2, 0.25) is 0 Å². The molecular weight excluding hydrogens is 276 g/mol. The van der Waals surface area contributed by atoms with Crippen molar-refractivity contribution in [2.75, 3.05) is 5.32 Å². The van der Waals surface area contributed by atoms with Crippen molar-refractivity contribution in [2.45, 2.75) is 6.10 Å². The first-order valence-corrected chi connectivity index (χ1v) is 6.00. The molecule has 0 aromatic heterocycles. The molecule has 108 valence electrons. The van der Waals surface area contributed by atoms with Crippen molar-refractivity contribution < 1.29 is 19.9 Å². The lowest BCUT2D eigenvalue weighted by molar-refractivity contribution is -0.384. The van der Waals surface area contributed by atoms with Crippen LogP contribution in [0.5, 0.6) is 5.75 Å². The number of carbonyl (C=O) groups excluding carboxylic acids is 1. The Bertz CT molecular complexity index is 672. The minimum Gasteiger partial charge on any atom is -0.506 e. The first-order valence-electron chi connectivity index (χ1n) is 6.00. The predicted octanol–water partition coefficient (Wildman–Crippen LogP) is 1.97. The highest BCUT2D eigenvalue weighted by atomic mass is 16.6. The number of phenolic OH excluding ortho intramolecular Hbond substituents is 1. The van der Waals surface area contributed by atoms with E-state index in [0.29, 0.717) is 5.56 Å². The second kappa shape index (κ2) is 6.02. The molecule has 2 aromatic rings. The molecule has 7 nitrogen and oxygen atoms in total. The number of hydrogen-bond acceptors (Lipinski definition) is 5. The normalized spacial score (nSPS) is 11.7. The summed E-state index contributed by atoms with van der Waals surface area (Å²) >= 11 is 0. The molecule has 0 spiro atoms. The number of amides is 1. The number of aromatic hydroxyl groups is 1. The quantitative estimate of drug-likeness (QED) is 0.452. The monoisotopic (exact) mass is 288 g/mol. The van der Waals surface area contributed by atoms with Crippen molar-refractivity contribution in [3.05, 3.63) is 64.2 Å². The largest absolute Gasteiger partial charge is 0.506 e. The molecule has 2 rings (SSSR count). The molecule has 2 aromatic carbocycles. The standard InChI is InChI=1S/C14H12N2O5/c17-12-7-6-10(16(20)21)8-11(12)15-14(19)13(18)9-4-2-1-3-5-9/h1-8,13,17-18H,(H,15,19). The molecule has 0 radical (unpaired) electrons. The topological polar surface area (TPSA) is 113 Å². The molecule has 0 bridgehead atoms. The lowest BCUT2D eigenvalue weighted by Gasteiger charge is -2.12. The van der Waals surface area contributed by atoms with Gasteiger partial charge in [0.1, 0.15) is 5.75 Å². The molecule has 0 aliphatic carbocycles. The number of nitro benzene ring substituents is 1. The minimum absolute atomic E-state index is 0.135. The van der Waals surface area contributed by atoms with Crippen LogP contribution in [0.25, 0.3) is 0 Å². The molecule has 21 heavy (non-hydrogen) atoms. The fourth-order valence-electron chi connectivity index (χ4n) is 1.73. The van der Waals surface area contributed by atoms with Crippen LogP contribution in [0.15, 0.2) is 48.5 Å². The second-order valence-corrected chi connectivity index (χ2v) is 4.26. The maximum Gasteiger partial charge on any atom is 0.271 e. The highest BCUT2D eigenvalue weighted by Gasteiger charge is 2.19. The third-order valence-electron chi connectivity index (χ3n) is 2.81. The van der Waals surface area contributed by atoms with Crippen LogP contribution in [0, 0.1) is 10.1 Å². The average molecular weight is 288 g/mol. The Morgan fingerprint density at radius 3 is 2.48 bits per heavy atom. The zero-order valence-electron chi connectivity index (χ0n) is 10.8. The maximum atomic E-state index is 11.9. The van der Waals surface area contributed by atoms with Crippen LogP contribution in [0.4, 0.5) is 11.4 Å². The minimum atomic E-state index is -1.44. The second-order valence-electron chi connectivity index (χ2n) is 4.26. The van der Waals surface area contributed by atoms with Crippen LogP contribution in [0.2, 0.25) is 0 Å². The Morgan fingerprint density at radius 2 is 1.86 bits per heavy atom. The highest BCUT2D eigenvalue weighted by molar-refractivity contribution is 5.96. The van der Waals surface area contributed by atoms with Crippen LogP contribution in [-0.4, -0.2) is 21.0 Å². The van der Waals surface area contributed by atoms with Crippen LogP contribution in [-0.2, 0) is 4.79 Å². The molecule has 0 heterocycles.